The number of nitrogens with zero attached hydrogens (tertiary/aromatic N) is 2. The molecule has 116 valence electrons. The van der Waals surface area contributed by atoms with Crippen molar-refractivity contribution in [2.45, 2.75) is 11.2 Å². The highest BCUT2D eigenvalue weighted by molar-refractivity contribution is 7.99. The maximum Gasteiger partial charge on any atom is 0.398 e. The van der Waals surface area contributed by atoms with Crippen molar-refractivity contribution in [2.75, 3.05) is 11.1 Å². The predicted molar refractivity (Wildman–Crippen MR) is 78.2 cm³/mol. The third-order valence-electron chi connectivity index (χ3n) is 2.35. The summed E-state index contributed by atoms with van der Waals surface area (Å²) in [7, 11) is 0. The van der Waals surface area contributed by atoms with Gasteiger partial charge >= 0.3 is 6.18 Å². The Balaban J connectivity index is 2.05. The van der Waals surface area contributed by atoms with Gasteiger partial charge in [0.1, 0.15) is 5.82 Å². The molecule has 0 aliphatic heterocycles. The lowest BCUT2D eigenvalue weighted by atomic mass is 10.2. The number of pyridine rings is 2. The highest BCUT2D eigenvalue weighted by atomic mass is 35.5. The largest absolute Gasteiger partial charge is 0.398 e. The molecule has 22 heavy (non-hydrogen) atoms. The SMILES string of the molecule is O=C(Nc1ccc(Cl)cn1)c1ccnc(SCC(F)(F)F)c1. The van der Waals surface area contributed by atoms with Crippen LogP contribution in [-0.4, -0.2) is 27.8 Å². The van der Waals surface area contributed by atoms with E-state index < -0.39 is 17.8 Å². The van der Waals surface area contributed by atoms with Crippen LogP contribution in [0.5, 0.6) is 0 Å². The van der Waals surface area contributed by atoms with Crippen LogP contribution >= 0.6 is 23.4 Å². The van der Waals surface area contributed by atoms with Gasteiger partial charge in [0.15, 0.2) is 0 Å². The number of hydrogen-bond acceptors (Lipinski definition) is 4. The summed E-state index contributed by atoms with van der Waals surface area (Å²) in [6.45, 7) is 0. The van der Waals surface area contributed by atoms with Crippen LogP contribution in [0.4, 0.5) is 19.0 Å². The minimum absolute atomic E-state index is 0.119. The first-order valence-electron chi connectivity index (χ1n) is 5.92. The Bertz CT molecular complexity index is 664. The van der Waals surface area contributed by atoms with Crippen LogP contribution in [0.15, 0.2) is 41.7 Å². The number of halogens is 4. The second-order valence-corrected chi connectivity index (χ2v) is 5.53. The van der Waals surface area contributed by atoms with Gasteiger partial charge in [0, 0.05) is 18.0 Å². The van der Waals surface area contributed by atoms with E-state index in [2.05, 4.69) is 15.3 Å². The van der Waals surface area contributed by atoms with Crippen LogP contribution in [0.3, 0.4) is 0 Å². The van der Waals surface area contributed by atoms with Gasteiger partial charge in [0.05, 0.1) is 15.8 Å². The Labute approximate surface area is 133 Å². The highest BCUT2D eigenvalue weighted by Crippen LogP contribution is 2.26. The second kappa shape index (κ2) is 6.97. The number of carbonyl (C=O) groups excluding carboxylic acids is 1. The summed E-state index contributed by atoms with van der Waals surface area (Å²) in [4.78, 5) is 19.7. The molecule has 1 amide bonds. The summed E-state index contributed by atoms with van der Waals surface area (Å²) in [5.74, 6) is -1.27. The second-order valence-electron chi connectivity index (χ2n) is 4.10. The zero-order chi connectivity index (χ0) is 16.2. The molecule has 0 bridgehead atoms. The van der Waals surface area contributed by atoms with Crippen LogP contribution in [0.1, 0.15) is 10.4 Å². The summed E-state index contributed by atoms with van der Waals surface area (Å²) in [5, 5.41) is 3.06. The Morgan fingerprint density at radius 1 is 1.27 bits per heavy atom. The van der Waals surface area contributed by atoms with Crippen LogP contribution < -0.4 is 5.32 Å². The molecule has 0 spiro atoms. The molecule has 2 rings (SSSR count). The summed E-state index contributed by atoms with van der Waals surface area (Å²) in [5.41, 5.74) is 0.191. The minimum atomic E-state index is -4.29. The van der Waals surface area contributed by atoms with E-state index in [1.54, 1.807) is 6.07 Å². The summed E-state index contributed by atoms with van der Waals surface area (Å²) in [6, 6.07) is 5.77. The molecule has 0 saturated carbocycles. The smallest absolute Gasteiger partial charge is 0.307 e. The van der Waals surface area contributed by atoms with Crippen molar-refractivity contribution in [3.63, 3.8) is 0 Å². The molecule has 2 aromatic heterocycles. The van der Waals surface area contributed by atoms with E-state index in [0.29, 0.717) is 16.8 Å². The predicted octanol–water partition coefficient (Wildman–Crippen LogP) is 4.04. The Morgan fingerprint density at radius 3 is 2.68 bits per heavy atom. The van der Waals surface area contributed by atoms with Crippen molar-refractivity contribution in [1.82, 2.24) is 9.97 Å². The van der Waals surface area contributed by atoms with Gasteiger partial charge in [-0.25, -0.2) is 9.97 Å². The van der Waals surface area contributed by atoms with E-state index in [0.717, 1.165) is 0 Å². The molecule has 0 unspecified atom stereocenters. The molecule has 2 heterocycles. The fourth-order valence-corrected chi connectivity index (χ4v) is 2.19. The molecule has 2 aromatic rings. The first kappa shape index (κ1) is 16.6. The Hall–Kier alpha value is -1.80. The lowest BCUT2D eigenvalue weighted by Crippen LogP contribution is -2.13. The molecule has 0 fully saturated rings. The van der Waals surface area contributed by atoms with Gasteiger partial charge in [0.2, 0.25) is 0 Å². The number of aromatic nitrogens is 2. The van der Waals surface area contributed by atoms with E-state index in [4.69, 9.17) is 11.6 Å². The highest BCUT2D eigenvalue weighted by Gasteiger charge is 2.27. The first-order valence-corrected chi connectivity index (χ1v) is 7.28. The Kier molecular flexibility index (Phi) is 5.25. The summed E-state index contributed by atoms with van der Waals surface area (Å²) < 4.78 is 36.5. The monoisotopic (exact) mass is 347 g/mol. The third kappa shape index (κ3) is 5.19. The molecule has 0 saturated heterocycles. The number of rotatable bonds is 4. The number of thioether (sulfide) groups is 1. The fraction of sp³-hybridized carbons (Fsp3) is 0.154. The van der Waals surface area contributed by atoms with E-state index in [1.807, 2.05) is 0 Å². The number of amides is 1. The first-order chi connectivity index (χ1) is 10.3. The molecule has 0 aliphatic rings. The lowest BCUT2D eigenvalue weighted by Gasteiger charge is -2.07. The van der Waals surface area contributed by atoms with Gasteiger partial charge in [-0.1, -0.05) is 23.4 Å². The number of hydrogen-bond donors (Lipinski definition) is 1. The molecule has 4 nitrogen and oxygen atoms in total. The zero-order valence-electron chi connectivity index (χ0n) is 10.9. The number of nitrogens with one attached hydrogen (secondary N) is 1. The van der Waals surface area contributed by atoms with Crippen LogP contribution in [0, 0.1) is 0 Å². The maximum atomic E-state index is 12.2. The van der Waals surface area contributed by atoms with Crippen molar-refractivity contribution < 1.29 is 18.0 Å². The molecule has 0 radical (unpaired) electrons. The Morgan fingerprint density at radius 2 is 2.05 bits per heavy atom. The van der Waals surface area contributed by atoms with Crippen molar-refractivity contribution in [3.8, 4) is 0 Å². The van der Waals surface area contributed by atoms with Crippen molar-refractivity contribution in [3.05, 3.63) is 47.2 Å². The van der Waals surface area contributed by atoms with Crippen LogP contribution in [-0.2, 0) is 0 Å². The average Bonchev–Trinajstić information content (AvgIpc) is 2.47. The molecular formula is C13H9ClF3N3OS. The maximum absolute atomic E-state index is 12.2. The fourth-order valence-electron chi connectivity index (χ4n) is 1.42. The van der Waals surface area contributed by atoms with E-state index in [9.17, 15) is 18.0 Å². The average molecular weight is 348 g/mol. The third-order valence-corrected chi connectivity index (χ3v) is 3.56. The van der Waals surface area contributed by atoms with Crippen LogP contribution in [0.2, 0.25) is 5.02 Å². The van der Waals surface area contributed by atoms with Gasteiger partial charge in [0.25, 0.3) is 5.91 Å². The molecule has 0 aliphatic carbocycles. The topological polar surface area (TPSA) is 54.9 Å². The molecule has 9 heteroatoms. The van der Waals surface area contributed by atoms with Crippen LogP contribution in [0.25, 0.3) is 0 Å². The molecule has 0 aromatic carbocycles. The van der Waals surface area contributed by atoms with Gasteiger partial charge in [-0.05, 0) is 24.3 Å². The summed E-state index contributed by atoms with van der Waals surface area (Å²) >= 11 is 6.20. The number of alkyl halides is 3. The van der Waals surface area contributed by atoms with Gasteiger partial charge in [-0.3, -0.25) is 4.79 Å². The quantitative estimate of drug-likeness (QED) is 0.848. The van der Waals surface area contributed by atoms with Crippen molar-refractivity contribution in [2.24, 2.45) is 0 Å². The van der Waals surface area contributed by atoms with E-state index in [1.165, 1.54) is 30.6 Å². The lowest BCUT2D eigenvalue weighted by molar-refractivity contribution is -0.105. The molecule has 1 N–H and O–H groups in total. The molecule has 0 atom stereocenters. The molecular weight excluding hydrogens is 339 g/mol. The zero-order valence-corrected chi connectivity index (χ0v) is 12.5. The minimum Gasteiger partial charge on any atom is -0.307 e. The van der Waals surface area contributed by atoms with Crippen molar-refractivity contribution >= 4 is 35.1 Å². The number of carbonyl (C=O) groups is 1. The van der Waals surface area contributed by atoms with Gasteiger partial charge in [-0.15, -0.1) is 0 Å². The van der Waals surface area contributed by atoms with Crippen molar-refractivity contribution in [1.29, 1.82) is 0 Å². The normalized spacial score (nSPS) is 11.3. The van der Waals surface area contributed by atoms with Gasteiger partial charge in [-0.2, -0.15) is 13.2 Å². The number of anilines is 1. The van der Waals surface area contributed by atoms with Gasteiger partial charge < -0.3 is 5.32 Å². The summed E-state index contributed by atoms with van der Waals surface area (Å²) in [6.07, 6.45) is -1.64. The van der Waals surface area contributed by atoms with E-state index in [-0.39, 0.29) is 16.4 Å². The standard InChI is InChI=1S/C13H9ClF3N3OS/c14-9-1-2-10(19-6-9)20-12(21)8-3-4-18-11(5-8)22-7-13(15,16)17/h1-6H,7H2,(H,19,20,21). The van der Waals surface area contributed by atoms with E-state index >= 15 is 0 Å².